The topological polar surface area (TPSA) is 86.0 Å². The highest BCUT2D eigenvalue weighted by atomic mass is 19.4. The van der Waals surface area contributed by atoms with Crippen molar-refractivity contribution in [1.29, 1.82) is 5.26 Å². The normalized spacial score (nSPS) is 12.3. The standard InChI is InChI=1S/C12H10F3N3O2/c1-2-3-8(11(19)20)17-10-7(6-16)4-5-9(18-10)12(13,14)15/h2,4-5,8H,1,3H2,(H,17,18)(H,19,20). The van der Waals surface area contributed by atoms with E-state index in [1.165, 1.54) is 6.08 Å². The minimum Gasteiger partial charge on any atom is -0.480 e. The molecular formula is C12H10F3N3O2. The van der Waals surface area contributed by atoms with Gasteiger partial charge in [0.15, 0.2) is 0 Å². The largest absolute Gasteiger partial charge is 0.480 e. The lowest BCUT2D eigenvalue weighted by Crippen LogP contribution is -2.29. The van der Waals surface area contributed by atoms with E-state index in [1.807, 2.05) is 0 Å². The van der Waals surface area contributed by atoms with Crippen molar-refractivity contribution in [2.45, 2.75) is 18.6 Å². The summed E-state index contributed by atoms with van der Waals surface area (Å²) in [6, 6.07) is 2.03. The zero-order valence-corrected chi connectivity index (χ0v) is 10.1. The van der Waals surface area contributed by atoms with Crippen LogP contribution in [0.15, 0.2) is 24.8 Å². The zero-order chi connectivity index (χ0) is 15.3. The van der Waals surface area contributed by atoms with Gasteiger partial charge in [-0.3, -0.25) is 0 Å². The minimum absolute atomic E-state index is 0.0296. The maximum Gasteiger partial charge on any atom is 0.433 e. The average molecular weight is 285 g/mol. The van der Waals surface area contributed by atoms with Crippen molar-refractivity contribution in [2.75, 3.05) is 5.32 Å². The van der Waals surface area contributed by atoms with Crippen LogP contribution >= 0.6 is 0 Å². The number of aliphatic carboxylic acids is 1. The van der Waals surface area contributed by atoms with Gasteiger partial charge in [-0.1, -0.05) is 6.08 Å². The molecule has 0 radical (unpaired) electrons. The van der Waals surface area contributed by atoms with Crippen LogP contribution in [0.4, 0.5) is 19.0 Å². The van der Waals surface area contributed by atoms with Gasteiger partial charge in [-0.2, -0.15) is 18.4 Å². The van der Waals surface area contributed by atoms with Gasteiger partial charge in [0.25, 0.3) is 0 Å². The number of carboxylic acids is 1. The van der Waals surface area contributed by atoms with Crippen molar-refractivity contribution < 1.29 is 23.1 Å². The molecule has 0 aliphatic heterocycles. The summed E-state index contributed by atoms with van der Waals surface area (Å²) < 4.78 is 37.6. The average Bonchev–Trinajstić information content (AvgIpc) is 2.36. The van der Waals surface area contributed by atoms with Gasteiger partial charge >= 0.3 is 12.1 Å². The molecule has 0 aromatic carbocycles. The fourth-order valence-corrected chi connectivity index (χ4v) is 1.37. The van der Waals surface area contributed by atoms with E-state index in [1.54, 1.807) is 6.07 Å². The molecule has 1 unspecified atom stereocenters. The molecule has 0 amide bonds. The van der Waals surface area contributed by atoms with Crippen molar-refractivity contribution >= 4 is 11.8 Å². The Kier molecular flexibility index (Phi) is 4.69. The molecule has 1 aromatic rings. The lowest BCUT2D eigenvalue weighted by Gasteiger charge is -2.15. The second-order valence-electron chi connectivity index (χ2n) is 3.76. The third-order valence-electron chi connectivity index (χ3n) is 2.32. The van der Waals surface area contributed by atoms with Gasteiger partial charge in [0.05, 0.1) is 5.56 Å². The summed E-state index contributed by atoms with van der Waals surface area (Å²) in [5, 5.41) is 20.0. The van der Waals surface area contributed by atoms with Crippen LogP contribution in [0.5, 0.6) is 0 Å². The van der Waals surface area contributed by atoms with Crippen LogP contribution in [0, 0.1) is 11.3 Å². The van der Waals surface area contributed by atoms with Gasteiger partial charge in [0.2, 0.25) is 0 Å². The Morgan fingerprint density at radius 3 is 2.70 bits per heavy atom. The van der Waals surface area contributed by atoms with E-state index >= 15 is 0 Å². The summed E-state index contributed by atoms with van der Waals surface area (Å²) in [6.07, 6.45) is -3.41. The molecule has 0 aliphatic carbocycles. The van der Waals surface area contributed by atoms with Gasteiger partial charge in [0.1, 0.15) is 23.6 Å². The van der Waals surface area contributed by atoms with Crippen LogP contribution in [0.1, 0.15) is 17.7 Å². The monoisotopic (exact) mass is 285 g/mol. The second-order valence-corrected chi connectivity index (χ2v) is 3.76. The maximum atomic E-state index is 12.5. The summed E-state index contributed by atoms with van der Waals surface area (Å²) in [5.41, 5.74) is -1.38. The molecule has 0 aliphatic rings. The van der Waals surface area contributed by atoms with Crippen molar-refractivity contribution in [3.63, 3.8) is 0 Å². The molecule has 2 N–H and O–H groups in total. The van der Waals surface area contributed by atoms with Crippen molar-refractivity contribution in [3.8, 4) is 6.07 Å². The first-order valence-corrected chi connectivity index (χ1v) is 5.38. The second kappa shape index (κ2) is 6.06. The fourth-order valence-electron chi connectivity index (χ4n) is 1.37. The first-order chi connectivity index (χ1) is 9.29. The quantitative estimate of drug-likeness (QED) is 0.811. The Bertz CT molecular complexity index is 564. The molecule has 106 valence electrons. The lowest BCUT2D eigenvalue weighted by molar-refractivity contribution is -0.141. The molecule has 0 saturated carbocycles. The minimum atomic E-state index is -4.68. The molecule has 0 fully saturated rings. The Morgan fingerprint density at radius 1 is 1.60 bits per heavy atom. The summed E-state index contributed by atoms with van der Waals surface area (Å²) in [7, 11) is 0. The molecule has 0 spiro atoms. The van der Waals surface area contributed by atoms with Gasteiger partial charge in [-0.15, -0.1) is 6.58 Å². The Morgan fingerprint density at radius 2 is 2.25 bits per heavy atom. The van der Waals surface area contributed by atoms with E-state index in [0.717, 1.165) is 6.07 Å². The Labute approximate surface area is 112 Å². The Balaban J connectivity index is 3.17. The smallest absolute Gasteiger partial charge is 0.433 e. The molecule has 1 aromatic heterocycles. The van der Waals surface area contributed by atoms with Crippen LogP contribution in [0.3, 0.4) is 0 Å². The van der Waals surface area contributed by atoms with E-state index in [9.17, 15) is 18.0 Å². The van der Waals surface area contributed by atoms with Gasteiger partial charge in [-0.25, -0.2) is 9.78 Å². The summed E-state index contributed by atoms with van der Waals surface area (Å²) in [6.45, 7) is 3.36. The predicted octanol–water partition coefficient (Wildman–Crippen LogP) is 2.41. The van der Waals surface area contributed by atoms with E-state index in [2.05, 4.69) is 16.9 Å². The molecule has 1 atom stereocenters. The number of nitrogens with one attached hydrogen (secondary N) is 1. The molecule has 0 saturated heterocycles. The van der Waals surface area contributed by atoms with Crippen LogP contribution in [0.25, 0.3) is 0 Å². The van der Waals surface area contributed by atoms with E-state index in [-0.39, 0.29) is 12.0 Å². The van der Waals surface area contributed by atoms with Gasteiger partial charge in [-0.05, 0) is 18.6 Å². The maximum absolute atomic E-state index is 12.5. The molecule has 8 heteroatoms. The molecule has 1 heterocycles. The number of pyridine rings is 1. The fraction of sp³-hybridized carbons (Fsp3) is 0.250. The van der Waals surface area contributed by atoms with Crippen molar-refractivity contribution in [2.24, 2.45) is 0 Å². The third-order valence-corrected chi connectivity index (χ3v) is 2.32. The number of nitrogens with zero attached hydrogens (tertiary/aromatic N) is 2. The van der Waals surface area contributed by atoms with Crippen LogP contribution in [-0.4, -0.2) is 22.1 Å². The molecule has 20 heavy (non-hydrogen) atoms. The number of aromatic nitrogens is 1. The van der Waals surface area contributed by atoms with E-state index in [0.29, 0.717) is 6.07 Å². The molecule has 5 nitrogen and oxygen atoms in total. The summed E-state index contributed by atoms with van der Waals surface area (Å²) in [4.78, 5) is 14.2. The van der Waals surface area contributed by atoms with Crippen LogP contribution in [-0.2, 0) is 11.0 Å². The number of alkyl halides is 3. The number of nitriles is 1. The SMILES string of the molecule is C=CCC(Nc1nc(C(F)(F)F)ccc1C#N)C(=O)O. The summed E-state index contributed by atoms with van der Waals surface area (Å²) in [5.74, 6) is -1.70. The third kappa shape index (κ3) is 3.71. The van der Waals surface area contributed by atoms with Crippen molar-refractivity contribution in [3.05, 3.63) is 36.0 Å². The van der Waals surface area contributed by atoms with Gasteiger partial charge in [0, 0.05) is 0 Å². The van der Waals surface area contributed by atoms with Crippen molar-refractivity contribution in [1.82, 2.24) is 4.98 Å². The Hall–Kier alpha value is -2.56. The van der Waals surface area contributed by atoms with E-state index in [4.69, 9.17) is 10.4 Å². The van der Waals surface area contributed by atoms with Crippen LogP contribution < -0.4 is 5.32 Å². The van der Waals surface area contributed by atoms with E-state index < -0.39 is 29.7 Å². The summed E-state index contributed by atoms with van der Waals surface area (Å²) >= 11 is 0. The number of hydrogen-bond acceptors (Lipinski definition) is 4. The highest BCUT2D eigenvalue weighted by Gasteiger charge is 2.33. The molecule has 0 bridgehead atoms. The van der Waals surface area contributed by atoms with Crippen LogP contribution in [0.2, 0.25) is 0 Å². The first kappa shape index (κ1) is 15.5. The number of anilines is 1. The highest BCUT2D eigenvalue weighted by molar-refractivity contribution is 5.77. The predicted molar refractivity (Wildman–Crippen MR) is 63.8 cm³/mol. The number of halogens is 3. The number of carbonyl (C=O) groups is 1. The van der Waals surface area contributed by atoms with Gasteiger partial charge < -0.3 is 10.4 Å². The first-order valence-electron chi connectivity index (χ1n) is 5.38. The number of rotatable bonds is 5. The lowest BCUT2D eigenvalue weighted by atomic mass is 10.2. The number of carboxylic acid groups (broad SMARTS) is 1. The highest BCUT2D eigenvalue weighted by Crippen LogP contribution is 2.29. The molecule has 1 rings (SSSR count). The molecular weight excluding hydrogens is 275 g/mol. The number of hydrogen-bond donors (Lipinski definition) is 2. The zero-order valence-electron chi connectivity index (χ0n) is 10.1.